The summed E-state index contributed by atoms with van der Waals surface area (Å²) in [5.41, 5.74) is 0. The maximum atomic E-state index is 13.2. The van der Waals surface area contributed by atoms with Gasteiger partial charge in [-0.15, -0.1) is 0 Å². The Hall–Kier alpha value is -2.19. The molecule has 456 valence electrons. The van der Waals surface area contributed by atoms with Crippen LogP contribution in [0.2, 0.25) is 0 Å². The fourth-order valence-corrected chi connectivity index (χ4v) is 10.2. The Bertz CT molecular complexity index is 1450. The number of aliphatic hydroxyl groups excluding tert-OH is 7. The van der Waals surface area contributed by atoms with Crippen molar-refractivity contribution in [2.24, 2.45) is 0 Å². The number of carbonyl (C=O) groups is 1. The Morgan fingerprint density at radius 3 is 1.22 bits per heavy atom. The van der Waals surface area contributed by atoms with Crippen molar-refractivity contribution in [3.8, 4) is 0 Å². The number of unbranched alkanes of at least 4 members (excludes halogenated alkanes) is 34. The summed E-state index contributed by atoms with van der Waals surface area (Å²) in [6, 6.07) is -1.20. The van der Waals surface area contributed by atoms with E-state index in [1.54, 1.807) is 0 Å². The van der Waals surface area contributed by atoms with Crippen LogP contribution >= 0.6 is 0 Å². The Labute approximate surface area is 478 Å². The van der Waals surface area contributed by atoms with Crippen LogP contribution in [0.3, 0.4) is 0 Å². The largest absolute Gasteiger partial charge is 0.394 e. The number of ether oxygens (including phenoxy) is 2. The Kier molecular flexibility index (Phi) is 52.4. The number of allylic oxidation sites excluding steroid dienone is 10. The van der Waals surface area contributed by atoms with Crippen molar-refractivity contribution in [2.45, 2.75) is 345 Å². The fourth-order valence-electron chi connectivity index (χ4n) is 10.2. The first kappa shape index (κ1) is 73.8. The van der Waals surface area contributed by atoms with Gasteiger partial charge in [0, 0.05) is 0 Å². The highest BCUT2D eigenvalue weighted by Gasteiger charge is 2.44. The normalized spacial score (nSPS) is 19.8. The summed E-state index contributed by atoms with van der Waals surface area (Å²) < 4.78 is 11.2. The van der Waals surface area contributed by atoms with Crippen LogP contribution in [0.5, 0.6) is 0 Å². The van der Waals surface area contributed by atoms with Crippen LogP contribution in [0.1, 0.15) is 290 Å². The van der Waals surface area contributed by atoms with E-state index >= 15 is 0 Å². The third kappa shape index (κ3) is 42.6. The van der Waals surface area contributed by atoms with Crippen LogP contribution in [-0.4, -0.2) is 110 Å². The van der Waals surface area contributed by atoms with Crippen LogP contribution in [0.4, 0.5) is 0 Å². The summed E-state index contributed by atoms with van der Waals surface area (Å²) >= 11 is 0. The van der Waals surface area contributed by atoms with Gasteiger partial charge in [0.05, 0.1) is 25.4 Å². The molecule has 0 bridgehead atoms. The Morgan fingerprint density at radius 2 is 0.808 bits per heavy atom. The number of rotatable bonds is 56. The van der Waals surface area contributed by atoms with Crippen LogP contribution in [-0.2, 0) is 14.3 Å². The van der Waals surface area contributed by atoms with E-state index in [2.05, 4.69) is 79.9 Å². The highest BCUT2D eigenvalue weighted by atomic mass is 16.7. The molecule has 78 heavy (non-hydrogen) atoms. The first-order valence-electron chi connectivity index (χ1n) is 32.7. The smallest absolute Gasteiger partial charge is 0.249 e. The number of carbonyl (C=O) groups excluding carboxylic acids is 1. The molecule has 9 atom stereocenters. The maximum Gasteiger partial charge on any atom is 0.249 e. The Balaban J connectivity index is 2.30. The molecule has 0 aromatic heterocycles. The van der Waals surface area contributed by atoms with E-state index in [1.807, 2.05) is 0 Å². The molecule has 0 aromatic rings. The van der Waals surface area contributed by atoms with Crippen molar-refractivity contribution in [3.63, 3.8) is 0 Å². The zero-order valence-electron chi connectivity index (χ0n) is 50.1. The molecule has 0 radical (unpaired) electrons. The van der Waals surface area contributed by atoms with Gasteiger partial charge in [-0.05, 0) is 96.3 Å². The van der Waals surface area contributed by atoms with Crippen LogP contribution in [0, 0.1) is 0 Å². The summed E-state index contributed by atoms with van der Waals surface area (Å²) in [5, 5.41) is 76.3. The molecular weight excluding hydrogens is 979 g/mol. The maximum absolute atomic E-state index is 13.2. The summed E-state index contributed by atoms with van der Waals surface area (Å²) in [6.45, 7) is 3.46. The van der Waals surface area contributed by atoms with E-state index in [0.717, 1.165) is 57.8 Å². The van der Waals surface area contributed by atoms with Gasteiger partial charge >= 0.3 is 0 Å². The van der Waals surface area contributed by atoms with Gasteiger partial charge in [0.25, 0.3) is 0 Å². The van der Waals surface area contributed by atoms with Gasteiger partial charge in [0.15, 0.2) is 6.29 Å². The lowest BCUT2D eigenvalue weighted by Crippen LogP contribution is -2.60. The highest BCUT2D eigenvalue weighted by molar-refractivity contribution is 5.80. The van der Waals surface area contributed by atoms with Crippen LogP contribution in [0.15, 0.2) is 60.8 Å². The van der Waals surface area contributed by atoms with Crippen molar-refractivity contribution >= 4 is 5.91 Å². The average molecular weight is 1100 g/mol. The van der Waals surface area contributed by atoms with Crippen LogP contribution in [0.25, 0.3) is 0 Å². The quantitative estimate of drug-likeness (QED) is 0.0215. The molecular formula is C67H123NO10. The monoisotopic (exact) mass is 1100 g/mol. The number of amides is 1. The van der Waals surface area contributed by atoms with Crippen molar-refractivity contribution < 1.29 is 50.0 Å². The second-order valence-corrected chi connectivity index (χ2v) is 22.8. The van der Waals surface area contributed by atoms with Gasteiger partial charge in [0.1, 0.15) is 36.6 Å². The minimum absolute atomic E-state index is 0.239. The number of hydrogen-bond acceptors (Lipinski definition) is 10. The predicted molar refractivity (Wildman–Crippen MR) is 325 cm³/mol. The third-order valence-corrected chi connectivity index (χ3v) is 15.5. The van der Waals surface area contributed by atoms with Gasteiger partial charge in [-0.25, -0.2) is 0 Å². The highest BCUT2D eigenvalue weighted by Crippen LogP contribution is 2.23. The molecule has 1 amide bonds. The minimum atomic E-state index is -1.68. The first-order valence-corrected chi connectivity index (χ1v) is 32.7. The molecule has 1 fully saturated rings. The molecule has 11 nitrogen and oxygen atoms in total. The van der Waals surface area contributed by atoms with Crippen molar-refractivity contribution in [2.75, 3.05) is 13.2 Å². The molecule has 1 aliphatic rings. The SMILES string of the molecule is CCCCCCCCCCC/C=C\C/C=C\CCCCCCCCCCCCC(O)C(=O)NC(COC1OC(CO)C(O)C(O)C1O)C(O)C(O)CCC/C=C/CC/C=C/CC/C=C/CCCCCCCCCCCCCC. The van der Waals surface area contributed by atoms with Gasteiger partial charge in [0.2, 0.25) is 5.91 Å². The van der Waals surface area contributed by atoms with E-state index in [1.165, 1.54) is 186 Å². The number of nitrogens with one attached hydrogen (secondary N) is 1. The van der Waals surface area contributed by atoms with E-state index in [-0.39, 0.29) is 12.8 Å². The van der Waals surface area contributed by atoms with Gasteiger partial charge in [-0.2, -0.15) is 0 Å². The second-order valence-electron chi connectivity index (χ2n) is 22.8. The van der Waals surface area contributed by atoms with Crippen LogP contribution < -0.4 is 5.32 Å². The molecule has 1 heterocycles. The number of aliphatic hydroxyl groups is 7. The third-order valence-electron chi connectivity index (χ3n) is 15.5. The molecule has 11 heteroatoms. The summed E-state index contributed by atoms with van der Waals surface area (Å²) in [7, 11) is 0. The van der Waals surface area contributed by atoms with Crippen molar-refractivity contribution in [1.82, 2.24) is 5.32 Å². The molecule has 0 aliphatic carbocycles. The summed E-state index contributed by atoms with van der Waals surface area (Å²) in [5.74, 6) is -0.714. The van der Waals surface area contributed by atoms with Gasteiger partial charge in [-0.1, -0.05) is 254 Å². The molecule has 0 spiro atoms. The molecule has 0 aromatic carbocycles. The second kappa shape index (κ2) is 55.3. The molecule has 0 saturated carbocycles. The lowest BCUT2D eigenvalue weighted by Gasteiger charge is -2.40. The van der Waals surface area contributed by atoms with E-state index in [9.17, 15) is 40.5 Å². The van der Waals surface area contributed by atoms with Crippen molar-refractivity contribution in [1.29, 1.82) is 0 Å². The first-order chi connectivity index (χ1) is 38.2. The molecule has 1 aliphatic heterocycles. The van der Waals surface area contributed by atoms with Gasteiger partial charge < -0.3 is 50.5 Å². The zero-order valence-corrected chi connectivity index (χ0v) is 50.1. The average Bonchev–Trinajstić information content (AvgIpc) is 3.46. The van der Waals surface area contributed by atoms with E-state index < -0.39 is 74.2 Å². The Morgan fingerprint density at radius 1 is 0.449 bits per heavy atom. The summed E-state index contributed by atoms with van der Waals surface area (Å²) in [4.78, 5) is 13.2. The lowest BCUT2D eigenvalue weighted by molar-refractivity contribution is -0.303. The fraction of sp³-hybridized carbons (Fsp3) is 0.836. The molecule has 8 N–H and O–H groups in total. The number of hydrogen-bond donors (Lipinski definition) is 8. The summed E-state index contributed by atoms with van der Waals surface area (Å²) in [6.07, 6.45) is 61.4. The zero-order chi connectivity index (χ0) is 56.8. The molecule has 1 saturated heterocycles. The van der Waals surface area contributed by atoms with E-state index in [0.29, 0.717) is 19.3 Å². The van der Waals surface area contributed by atoms with Crippen molar-refractivity contribution in [3.05, 3.63) is 60.8 Å². The lowest BCUT2D eigenvalue weighted by atomic mass is 9.98. The molecule has 1 rings (SSSR count). The predicted octanol–water partition coefficient (Wildman–Crippen LogP) is 15.0. The minimum Gasteiger partial charge on any atom is -0.394 e. The van der Waals surface area contributed by atoms with E-state index in [4.69, 9.17) is 9.47 Å². The molecule has 9 unspecified atom stereocenters. The standard InChI is InChI=1S/C67H123NO10/c1-3-5-7-9-11-13-15-17-19-21-23-25-27-29-31-33-35-37-39-41-43-45-47-49-51-53-55-60(71)66(76)68-58(57-77-67-65(75)64(74)63(73)61(56-69)78-67)62(72)59(70)54-52-50-48-46-44-42-40-38-36-34-32-30-28-26-24-22-20-18-16-14-12-10-8-6-4-2/h23,25,29-32,38,40,46,48,58-65,67,69-75H,3-22,24,26-28,33-37,39,41-45,47,49-57H2,1-2H3,(H,68,76)/b25-23-,31-29-,32-30+,40-38+,48-46+. The van der Waals surface area contributed by atoms with Gasteiger partial charge in [-0.3, -0.25) is 4.79 Å². The topological polar surface area (TPSA) is 189 Å².